The van der Waals surface area contributed by atoms with Gasteiger partial charge in [-0.15, -0.1) is 0 Å². The summed E-state index contributed by atoms with van der Waals surface area (Å²) in [6, 6.07) is 3.78. The van der Waals surface area contributed by atoms with Crippen molar-refractivity contribution in [3.63, 3.8) is 0 Å². The van der Waals surface area contributed by atoms with Gasteiger partial charge in [-0.25, -0.2) is 4.39 Å². The molecule has 0 radical (unpaired) electrons. The van der Waals surface area contributed by atoms with Gasteiger partial charge in [-0.1, -0.05) is 17.7 Å². The lowest BCUT2D eigenvalue weighted by atomic mass is 10.1. The maximum atomic E-state index is 13.0. The molecule has 1 unspecified atom stereocenters. The Morgan fingerprint density at radius 1 is 1.64 bits per heavy atom. The molecule has 0 fully saturated rings. The number of rotatable bonds is 3. The predicted molar refractivity (Wildman–Crippen MR) is 53.8 cm³/mol. The first kappa shape index (κ1) is 11.1. The molecule has 4 heteroatoms. The topological polar surface area (TPSA) is 43.1 Å². The molecule has 0 aliphatic rings. The van der Waals surface area contributed by atoms with Crippen LogP contribution in [0.4, 0.5) is 4.39 Å². The molecular weight excluding hydrogens is 205 g/mol. The van der Waals surface area contributed by atoms with Crippen molar-refractivity contribution < 1.29 is 9.18 Å². The Kier molecular flexibility index (Phi) is 3.61. The van der Waals surface area contributed by atoms with E-state index in [9.17, 15) is 9.18 Å². The minimum atomic E-state index is -0.520. The fraction of sp³-hybridized carbons (Fsp3) is 0.300. The summed E-state index contributed by atoms with van der Waals surface area (Å²) in [4.78, 5) is 11.2. The van der Waals surface area contributed by atoms with Crippen LogP contribution in [0.15, 0.2) is 18.2 Å². The van der Waals surface area contributed by atoms with Crippen LogP contribution in [-0.2, 0) is 11.2 Å². The molecule has 0 bridgehead atoms. The number of halogens is 2. The summed E-state index contributed by atoms with van der Waals surface area (Å²) < 4.78 is 13.0. The molecule has 0 saturated heterocycles. The molecule has 1 aromatic rings. The van der Waals surface area contributed by atoms with Crippen LogP contribution >= 0.6 is 11.6 Å². The summed E-state index contributed by atoms with van der Waals surface area (Å²) in [5.41, 5.74) is 5.97. The van der Waals surface area contributed by atoms with E-state index < -0.39 is 11.9 Å². The van der Waals surface area contributed by atoms with Crippen molar-refractivity contribution in [2.45, 2.75) is 19.4 Å². The standard InChI is InChI=1S/C10H11ClFNO/c1-6(13)10(14)5-7-2-3-8(11)9(12)4-7/h2-4,6H,5,13H2,1H3. The summed E-state index contributed by atoms with van der Waals surface area (Å²) in [7, 11) is 0. The molecule has 0 aliphatic heterocycles. The zero-order valence-corrected chi connectivity index (χ0v) is 8.51. The van der Waals surface area contributed by atoms with Gasteiger partial charge < -0.3 is 5.73 Å². The first-order chi connectivity index (χ1) is 6.50. The highest BCUT2D eigenvalue weighted by molar-refractivity contribution is 6.30. The van der Waals surface area contributed by atoms with Crippen molar-refractivity contribution in [2.24, 2.45) is 5.73 Å². The third-order valence-corrected chi connectivity index (χ3v) is 2.18. The Morgan fingerprint density at radius 2 is 2.29 bits per heavy atom. The van der Waals surface area contributed by atoms with Crippen molar-refractivity contribution in [3.8, 4) is 0 Å². The minimum Gasteiger partial charge on any atom is -0.322 e. The first-order valence-corrected chi connectivity index (χ1v) is 4.60. The van der Waals surface area contributed by atoms with E-state index in [2.05, 4.69) is 0 Å². The Hall–Kier alpha value is -0.930. The third kappa shape index (κ3) is 2.79. The second-order valence-electron chi connectivity index (χ2n) is 3.18. The fourth-order valence-electron chi connectivity index (χ4n) is 1.01. The van der Waals surface area contributed by atoms with Gasteiger partial charge in [0.15, 0.2) is 5.78 Å². The summed E-state index contributed by atoms with van der Waals surface area (Å²) >= 11 is 5.50. The van der Waals surface area contributed by atoms with Gasteiger partial charge in [0.25, 0.3) is 0 Å². The van der Waals surface area contributed by atoms with E-state index >= 15 is 0 Å². The molecule has 0 heterocycles. The molecule has 1 rings (SSSR count). The number of Topliss-reactive ketones (excluding diaryl/α,β-unsaturated/α-hetero) is 1. The first-order valence-electron chi connectivity index (χ1n) is 4.23. The molecule has 0 aliphatic carbocycles. The zero-order chi connectivity index (χ0) is 10.7. The molecule has 0 saturated carbocycles. The highest BCUT2D eigenvalue weighted by Gasteiger charge is 2.09. The Bertz CT molecular complexity index is 352. The summed E-state index contributed by atoms with van der Waals surface area (Å²) in [6.45, 7) is 1.61. The van der Waals surface area contributed by atoms with Crippen molar-refractivity contribution >= 4 is 17.4 Å². The van der Waals surface area contributed by atoms with E-state index in [0.717, 1.165) is 0 Å². The van der Waals surface area contributed by atoms with Gasteiger partial charge in [0.1, 0.15) is 5.82 Å². The van der Waals surface area contributed by atoms with Crippen LogP contribution in [0, 0.1) is 5.82 Å². The average molecular weight is 216 g/mol. The number of carbonyl (C=O) groups is 1. The SMILES string of the molecule is CC(N)C(=O)Cc1ccc(Cl)c(F)c1. The van der Waals surface area contributed by atoms with Crippen LogP contribution in [-0.4, -0.2) is 11.8 Å². The van der Waals surface area contributed by atoms with E-state index in [1.54, 1.807) is 13.0 Å². The molecule has 76 valence electrons. The van der Waals surface area contributed by atoms with Crippen molar-refractivity contribution in [1.82, 2.24) is 0 Å². The molecule has 1 atom stereocenters. The van der Waals surface area contributed by atoms with Crippen molar-refractivity contribution in [1.29, 1.82) is 0 Å². The van der Waals surface area contributed by atoms with E-state index in [1.807, 2.05) is 0 Å². The number of ketones is 1. The number of benzene rings is 1. The quantitative estimate of drug-likeness (QED) is 0.838. The Balaban J connectivity index is 2.78. The molecule has 1 aromatic carbocycles. The highest BCUT2D eigenvalue weighted by Crippen LogP contribution is 2.16. The molecule has 0 spiro atoms. The van der Waals surface area contributed by atoms with Crippen LogP contribution in [0.25, 0.3) is 0 Å². The van der Waals surface area contributed by atoms with Gasteiger partial charge in [0.05, 0.1) is 11.1 Å². The van der Waals surface area contributed by atoms with Gasteiger partial charge in [-0.05, 0) is 24.6 Å². The molecule has 0 amide bonds. The smallest absolute Gasteiger partial charge is 0.153 e. The van der Waals surface area contributed by atoms with Crippen molar-refractivity contribution in [2.75, 3.05) is 0 Å². The van der Waals surface area contributed by atoms with E-state index in [1.165, 1.54) is 12.1 Å². The van der Waals surface area contributed by atoms with E-state index in [4.69, 9.17) is 17.3 Å². The number of nitrogens with two attached hydrogens (primary N) is 1. The summed E-state index contributed by atoms with van der Waals surface area (Å²) in [6.07, 6.45) is 0.145. The van der Waals surface area contributed by atoms with Gasteiger partial charge in [0, 0.05) is 6.42 Å². The lowest BCUT2D eigenvalue weighted by Gasteiger charge is -2.04. The Labute approximate surface area is 86.9 Å². The number of carbonyl (C=O) groups excluding carboxylic acids is 1. The second-order valence-corrected chi connectivity index (χ2v) is 3.59. The molecule has 2 N–H and O–H groups in total. The summed E-state index contributed by atoms with van der Waals surface area (Å²) in [5.74, 6) is -0.631. The van der Waals surface area contributed by atoms with Gasteiger partial charge in [-0.2, -0.15) is 0 Å². The monoisotopic (exact) mass is 215 g/mol. The second kappa shape index (κ2) is 4.53. The van der Waals surface area contributed by atoms with Crippen LogP contribution in [0.1, 0.15) is 12.5 Å². The lowest BCUT2D eigenvalue weighted by Crippen LogP contribution is -2.28. The average Bonchev–Trinajstić information content (AvgIpc) is 2.11. The minimum absolute atomic E-state index is 0.0574. The van der Waals surface area contributed by atoms with E-state index in [0.29, 0.717) is 5.56 Å². The van der Waals surface area contributed by atoms with Gasteiger partial charge in [0.2, 0.25) is 0 Å². The zero-order valence-electron chi connectivity index (χ0n) is 7.76. The molecule has 2 nitrogen and oxygen atoms in total. The Morgan fingerprint density at radius 3 is 2.79 bits per heavy atom. The van der Waals surface area contributed by atoms with E-state index in [-0.39, 0.29) is 17.2 Å². The molecule has 0 aromatic heterocycles. The normalized spacial score (nSPS) is 12.6. The molecule has 14 heavy (non-hydrogen) atoms. The number of hydrogen-bond acceptors (Lipinski definition) is 2. The van der Waals surface area contributed by atoms with Crippen LogP contribution in [0.5, 0.6) is 0 Å². The third-order valence-electron chi connectivity index (χ3n) is 1.87. The fourth-order valence-corrected chi connectivity index (χ4v) is 1.13. The highest BCUT2D eigenvalue weighted by atomic mass is 35.5. The van der Waals surface area contributed by atoms with Crippen LogP contribution < -0.4 is 5.73 Å². The van der Waals surface area contributed by atoms with Crippen molar-refractivity contribution in [3.05, 3.63) is 34.6 Å². The lowest BCUT2D eigenvalue weighted by molar-refractivity contribution is -0.119. The van der Waals surface area contributed by atoms with Gasteiger partial charge in [-0.3, -0.25) is 4.79 Å². The molecular formula is C10H11ClFNO. The maximum absolute atomic E-state index is 13.0. The summed E-state index contributed by atoms with van der Waals surface area (Å²) in [5, 5.41) is 0.0574. The largest absolute Gasteiger partial charge is 0.322 e. The predicted octanol–water partition coefficient (Wildman–Crippen LogP) is 1.94. The van der Waals surface area contributed by atoms with Gasteiger partial charge >= 0.3 is 0 Å². The van der Waals surface area contributed by atoms with Crippen LogP contribution in [0.3, 0.4) is 0 Å². The van der Waals surface area contributed by atoms with Crippen LogP contribution in [0.2, 0.25) is 5.02 Å². The number of hydrogen-bond donors (Lipinski definition) is 1. The maximum Gasteiger partial charge on any atom is 0.153 e.